The van der Waals surface area contributed by atoms with Crippen molar-refractivity contribution >= 4 is 22.9 Å². The third-order valence-corrected chi connectivity index (χ3v) is 3.70. The van der Waals surface area contributed by atoms with Gasteiger partial charge in [-0.15, -0.1) is 0 Å². The van der Waals surface area contributed by atoms with E-state index in [1.165, 1.54) is 6.21 Å². The molecule has 0 saturated carbocycles. The van der Waals surface area contributed by atoms with Crippen molar-refractivity contribution in [3.8, 4) is 11.5 Å². The molecule has 0 aliphatic carbocycles. The number of carbonyl (C=O) groups is 1. The maximum Gasteiger partial charge on any atom is 0.275 e. The largest absolute Gasteiger partial charge is 0.507 e. The summed E-state index contributed by atoms with van der Waals surface area (Å²) in [5.41, 5.74) is 3.37. The zero-order valence-electron chi connectivity index (χ0n) is 13.8. The fraction of sp³-hybridized carbons (Fsp3) is 0.100. The van der Waals surface area contributed by atoms with E-state index in [4.69, 9.17) is 4.74 Å². The highest BCUT2D eigenvalue weighted by Crippen LogP contribution is 2.24. The lowest BCUT2D eigenvalue weighted by Gasteiger charge is -2.07. The average molecular weight is 334 g/mol. The zero-order valence-corrected chi connectivity index (χ0v) is 13.8. The molecular formula is C20H18N2O3. The number of aromatic hydroxyl groups is 1. The van der Waals surface area contributed by atoms with Crippen LogP contribution in [0.15, 0.2) is 65.8 Å². The van der Waals surface area contributed by atoms with Gasteiger partial charge in [-0.3, -0.25) is 4.79 Å². The molecular weight excluding hydrogens is 316 g/mol. The van der Waals surface area contributed by atoms with Crippen LogP contribution in [0.25, 0.3) is 10.8 Å². The van der Waals surface area contributed by atoms with Gasteiger partial charge >= 0.3 is 0 Å². The number of hydrazone groups is 1. The number of benzene rings is 3. The molecule has 0 atom stereocenters. The van der Waals surface area contributed by atoms with E-state index in [1.807, 2.05) is 55.5 Å². The quantitative estimate of drug-likeness (QED) is 0.552. The monoisotopic (exact) mass is 334 g/mol. The molecule has 0 saturated heterocycles. The maximum atomic E-state index is 12.3. The SMILES string of the molecule is CCOc1ccccc1/C=N/NC(=O)c1cc2ccccc2cc1O. The molecule has 5 nitrogen and oxygen atoms in total. The van der Waals surface area contributed by atoms with Gasteiger partial charge in [-0.1, -0.05) is 36.4 Å². The number of phenols is 1. The smallest absolute Gasteiger partial charge is 0.275 e. The second-order valence-corrected chi connectivity index (χ2v) is 5.39. The summed E-state index contributed by atoms with van der Waals surface area (Å²) in [4.78, 5) is 12.3. The van der Waals surface area contributed by atoms with E-state index in [0.29, 0.717) is 12.4 Å². The van der Waals surface area contributed by atoms with Crippen LogP contribution in [-0.4, -0.2) is 23.8 Å². The lowest BCUT2D eigenvalue weighted by atomic mass is 10.1. The Morgan fingerprint density at radius 3 is 2.56 bits per heavy atom. The van der Waals surface area contributed by atoms with Crippen LogP contribution >= 0.6 is 0 Å². The third-order valence-electron chi connectivity index (χ3n) is 3.70. The van der Waals surface area contributed by atoms with Crippen LogP contribution in [0, 0.1) is 0 Å². The van der Waals surface area contributed by atoms with Crippen LogP contribution in [0.3, 0.4) is 0 Å². The number of ether oxygens (including phenoxy) is 1. The van der Waals surface area contributed by atoms with E-state index in [9.17, 15) is 9.90 Å². The first-order chi connectivity index (χ1) is 12.2. The molecule has 126 valence electrons. The van der Waals surface area contributed by atoms with Crippen molar-refractivity contribution in [1.82, 2.24) is 5.43 Å². The summed E-state index contributed by atoms with van der Waals surface area (Å²) < 4.78 is 5.50. The Labute approximate surface area is 145 Å². The first-order valence-electron chi connectivity index (χ1n) is 7.96. The fourth-order valence-corrected chi connectivity index (χ4v) is 2.50. The molecule has 0 fully saturated rings. The van der Waals surface area contributed by atoms with Crippen molar-refractivity contribution in [3.63, 3.8) is 0 Å². The van der Waals surface area contributed by atoms with Crippen molar-refractivity contribution in [1.29, 1.82) is 0 Å². The van der Waals surface area contributed by atoms with Gasteiger partial charge in [-0.2, -0.15) is 5.10 Å². The maximum absolute atomic E-state index is 12.3. The van der Waals surface area contributed by atoms with Crippen molar-refractivity contribution in [2.75, 3.05) is 6.61 Å². The van der Waals surface area contributed by atoms with E-state index in [0.717, 1.165) is 16.3 Å². The molecule has 5 heteroatoms. The third kappa shape index (κ3) is 3.77. The van der Waals surface area contributed by atoms with E-state index < -0.39 is 5.91 Å². The van der Waals surface area contributed by atoms with Crippen LogP contribution in [-0.2, 0) is 0 Å². The Hall–Kier alpha value is -3.34. The van der Waals surface area contributed by atoms with Gasteiger partial charge in [0.2, 0.25) is 0 Å². The molecule has 3 aromatic carbocycles. The average Bonchev–Trinajstić information content (AvgIpc) is 2.62. The first kappa shape index (κ1) is 16.5. The Morgan fingerprint density at radius 1 is 1.12 bits per heavy atom. The highest BCUT2D eigenvalue weighted by atomic mass is 16.5. The van der Waals surface area contributed by atoms with Crippen LogP contribution in [0.1, 0.15) is 22.8 Å². The van der Waals surface area contributed by atoms with Crippen LogP contribution in [0.2, 0.25) is 0 Å². The first-order valence-corrected chi connectivity index (χ1v) is 7.96. The van der Waals surface area contributed by atoms with Gasteiger partial charge in [-0.05, 0) is 42.0 Å². The molecule has 0 radical (unpaired) electrons. The number of nitrogens with one attached hydrogen (secondary N) is 1. The number of rotatable bonds is 5. The van der Waals surface area contributed by atoms with Crippen molar-refractivity contribution in [2.45, 2.75) is 6.92 Å². The molecule has 0 bridgehead atoms. The van der Waals surface area contributed by atoms with Gasteiger partial charge < -0.3 is 9.84 Å². The normalized spacial score (nSPS) is 10.9. The summed E-state index contributed by atoms with van der Waals surface area (Å²) in [7, 11) is 0. The topological polar surface area (TPSA) is 70.9 Å². The van der Waals surface area contributed by atoms with Crippen LogP contribution in [0.5, 0.6) is 11.5 Å². The number of carbonyl (C=O) groups excluding carboxylic acids is 1. The minimum Gasteiger partial charge on any atom is -0.507 e. The van der Waals surface area contributed by atoms with Gasteiger partial charge in [0.15, 0.2) is 0 Å². The number of para-hydroxylation sites is 1. The van der Waals surface area contributed by atoms with Crippen molar-refractivity contribution < 1.29 is 14.6 Å². The van der Waals surface area contributed by atoms with Gasteiger partial charge in [0.25, 0.3) is 5.91 Å². The highest BCUT2D eigenvalue weighted by molar-refractivity contribution is 6.01. The number of hydrogen-bond acceptors (Lipinski definition) is 4. The molecule has 1 amide bonds. The van der Waals surface area contributed by atoms with Crippen molar-refractivity contribution in [3.05, 3.63) is 71.8 Å². The number of fused-ring (bicyclic) bond motifs is 1. The second kappa shape index (κ2) is 7.49. The molecule has 0 spiro atoms. The Kier molecular flexibility index (Phi) is 4.95. The molecule has 0 aliphatic heterocycles. The van der Waals surface area contributed by atoms with E-state index in [1.54, 1.807) is 12.1 Å². The highest BCUT2D eigenvalue weighted by Gasteiger charge is 2.11. The van der Waals surface area contributed by atoms with E-state index >= 15 is 0 Å². The molecule has 0 aliphatic rings. The van der Waals surface area contributed by atoms with E-state index in [2.05, 4.69) is 10.5 Å². The molecule has 0 heterocycles. The molecule has 25 heavy (non-hydrogen) atoms. The summed E-state index contributed by atoms with van der Waals surface area (Å²) in [6, 6.07) is 18.1. The predicted octanol–water partition coefficient (Wildman–Crippen LogP) is 3.71. The molecule has 0 unspecified atom stereocenters. The molecule has 0 aromatic heterocycles. The Morgan fingerprint density at radius 2 is 1.80 bits per heavy atom. The minimum absolute atomic E-state index is 0.0823. The lowest BCUT2D eigenvalue weighted by Crippen LogP contribution is -2.17. The van der Waals surface area contributed by atoms with E-state index in [-0.39, 0.29) is 11.3 Å². The van der Waals surface area contributed by atoms with Gasteiger partial charge in [0, 0.05) is 5.56 Å². The summed E-state index contributed by atoms with van der Waals surface area (Å²) in [5, 5.41) is 15.8. The summed E-state index contributed by atoms with van der Waals surface area (Å²) in [5.74, 6) is 0.131. The van der Waals surface area contributed by atoms with Crippen LogP contribution in [0.4, 0.5) is 0 Å². The van der Waals surface area contributed by atoms with Gasteiger partial charge in [0.05, 0.1) is 18.4 Å². The van der Waals surface area contributed by atoms with Gasteiger partial charge in [0.1, 0.15) is 11.5 Å². The number of hydrogen-bond donors (Lipinski definition) is 2. The standard InChI is InChI=1S/C20H18N2O3/c1-2-25-19-10-6-5-9-16(19)13-21-22-20(24)17-11-14-7-3-4-8-15(14)12-18(17)23/h3-13,23H,2H2,1H3,(H,22,24)/b21-13+. The second-order valence-electron chi connectivity index (χ2n) is 5.39. The lowest BCUT2D eigenvalue weighted by molar-refractivity contribution is 0.0952. The zero-order chi connectivity index (χ0) is 17.6. The molecule has 3 rings (SSSR count). The summed E-state index contributed by atoms with van der Waals surface area (Å²) in [6.45, 7) is 2.44. The fourth-order valence-electron chi connectivity index (χ4n) is 2.50. The number of nitrogens with zero attached hydrogens (tertiary/aromatic N) is 1. The summed E-state index contributed by atoms with van der Waals surface area (Å²) >= 11 is 0. The van der Waals surface area contributed by atoms with Gasteiger partial charge in [-0.25, -0.2) is 5.43 Å². The molecule has 3 aromatic rings. The molecule has 2 N–H and O–H groups in total. The minimum atomic E-state index is -0.478. The van der Waals surface area contributed by atoms with Crippen LogP contribution < -0.4 is 10.2 Å². The van der Waals surface area contributed by atoms with Crippen molar-refractivity contribution in [2.24, 2.45) is 5.10 Å². The predicted molar refractivity (Wildman–Crippen MR) is 98.3 cm³/mol. The number of phenolic OH excluding ortho intramolecular Hbond substituents is 1. The summed E-state index contributed by atoms with van der Waals surface area (Å²) in [6.07, 6.45) is 1.51. The Balaban J connectivity index is 1.78. The number of amides is 1. The Bertz CT molecular complexity index is 935.